The van der Waals surface area contributed by atoms with Crippen LogP contribution in [0.4, 0.5) is 5.69 Å². The van der Waals surface area contributed by atoms with E-state index in [0.29, 0.717) is 18.0 Å². The van der Waals surface area contributed by atoms with Gasteiger partial charge in [0.25, 0.3) is 0 Å². The molecule has 0 spiro atoms. The maximum absolute atomic E-state index is 6.03. The van der Waals surface area contributed by atoms with Crippen LogP contribution in [0.15, 0.2) is 18.2 Å². The first kappa shape index (κ1) is 14.2. The molecule has 0 amide bonds. The molecule has 0 aliphatic carbocycles. The van der Waals surface area contributed by atoms with Crippen molar-refractivity contribution >= 4 is 18.3 Å². The summed E-state index contributed by atoms with van der Waals surface area (Å²) in [5.74, 6) is 0.656. The van der Waals surface area contributed by atoms with Crippen LogP contribution in [0.25, 0.3) is 0 Å². The highest BCUT2D eigenvalue weighted by Crippen LogP contribution is 2.37. The number of anilines is 1. The number of hydrogen-bond donors (Lipinski definition) is 1. The van der Waals surface area contributed by atoms with Gasteiger partial charge in [-0.3, -0.25) is 0 Å². The Morgan fingerprint density at radius 2 is 1.74 bits per heavy atom. The molecule has 1 fully saturated rings. The Morgan fingerprint density at radius 3 is 2.26 bits per heavy atom. The van der Waals surface area contributed by atoms with Crippen LogP contribution >= 0.6 is 0 Å². The molecule has 1 aromatic rings. The molecule has 0 aromatic heterocycles. The fourth-order valence-electron chi connectivity index (χ4n) is 2.04. The van der Waals surface area contributed by atoms with Gasteiger partial charge in [0.05, 0.1) is 23.5 Å². The van der Waals surface area contributed by atoms with E-state index in [1.165, 1.54) is 0 Å². The van der Waals surface area contributed by atoms with Gasteiger partial charge >= 0.3 is 7.12 Å². The topological polar surface area (TPSA) is 53.7 Å². The Balaban J connectivity index is 2.37. The largest absolute Gasteiger partial charge is 0.498 e. The Labute approximate surface area is 115 Å². The van der Waals surface area contributed by atoms with Gasteiger partial charge in [-0.1, -0.05) is 12.1 Å². The van der Waals surface area contributed by atoms with Gasteiger partial charge in [-0.15, -0.1) is 0 Å². The van der Waals surface area contributed by atoms with Crippen LogP contribution in [-0.2, 0) is 9.31 Å². The van der Waals surface area contributed by atoms with Crippen molar-refractivity contribution in [3.05, 3.63) is 18.2 Å². The molecule has 1 aliphatic heterocycles. The standard InChI is InChI=1S/C14H22BNO3/c1-6-17-12-10(8-7-9-11(12)16)15-18-13(2,3)14(4,5)19-15/h7-9H,6,16H2,1-5H3. The van der Waals surface area contributed by atoms with E-state index in [4.69, 9.17) is 19.8 Å². The van der Waals surface area contributed by atoms with Gasteiger partial charge in [0, 0.05) is 5.46 Å². The smallest absolute Gasteiger partial charge is 0.492 e. The highest BCUT2D eigenvalue weighted by molar-refractivity contribution is 6.63. The minimum absolute atomic E-state index is 0.369. The molecular weight excluding hydrogens is 241 g/mol. The van der Waals surface area contributed by atoms with Crippen molar-refractivity contribution in [3.8, 4) is 5.75 Å². The van der Waals surface area contributed by atoms with Gasteiger partial charge in [0.15, 0.2) is 0 Å². The van der Waals surface area contributed by atoms with Crippen LogP contribution in [0, 0.1) is 0 Å². The van der Waals surface area contributed by atoms with Gasteiger partial charge in [0.2, 0.25) is 0 Å². The molecule has 0 saturated carbocycles. The number of ether oxygens (including phenoxy) is 1. The molecule has 2 rings (SSSR count). The molecule has 1 saturated heterocycles. The van der Waals surface area contributed by atoms with Crippen LogP contribution < -0.4 is 15.9 Å². The molecule has 5 heteroatoms. The van der Waals surface area contributed by atoms with Gasteiger partial charge in [0.1, 0.15) is 5.75 Å². The van der Waals surface area contributed by atoms with Crippen LogP contribution in [0.5, 0.6) is 5.75 Å². The van der Waals surface area contributed by atoms with E-state index in [1.807, 2.05) is 52.8 Å². The minimum atomic E-state index is -0.449. The van der Waals surface area contributed by atoms with Gasteiger partial charge in [-0.2, -0.15) is 0 Å². The first-order valence-electron chi connectivity index (χ1n) is 6.65. The van der Waals surface area contributed by atoms with Crippen molar-refractivity contribution < 1.29 is 14.0 Å². The molecule has 0 atom stereocenters. The lowest BCUT2D eigenvalue weighted by Gasteiger charge is -2.32. The third-order valence-electron chi connectivity index (χ3n) is 3.87. The number of nitrogen functional groups attached to an aromatic ring is 1. The van der Waals surface area contributed by atoms with Crippen molar-refractivity contribution in [1.82, 2.24) is 0 Å². The van der Waals surface area contributed by atoms with Crippen LogP contribution in [0.2, 0.25) is 0 Å². The van der Waals surface area contributed by atoms with Crippen molar-refractivity contribution in [3.63, 3.8) is 0 Å². The van der Waals surface area contributed by atoms with E-state index >= 15 is 0 Å². The number of nitrogens with two attached hydrogens (primary N) is 1. The van der Waals surface area contributed by atoms with Gasteiger partial charge in [-0.25, -0.2) is 0 Å². The zero-order valence-electron chi connectivity index (χ0n) is 12.3. The minimum Gasteiger partial charge on any atom is -0.492 e. The molecule has 1 heterocycles. The van der Waals surface area contributed by atoms with Crippen molar-refractivity contribution in [2.24, 2.45) is 0 Å². The van der Waals surface area contributed by atoms with Gasteiger partial charge in [-0.05, 0) is 40.7 Å². The third kappa shape index (κ3) is 2.45. The Kier molecular flexibility index (Phi) is 3.54. The lowest BCUT2D eigenvalue weighted by molar-refractivity contribution is 0.00578. The summed E-state index contributed by atoms with van der Waals surface area (Å²) in [6.45, 7) is 10.6. The summed E-state index contributed by atoms with van der Waals surface area (Å²) in [4.78, 5) is 0. The van der Waals surface area contributed by atoms with E-state index < -0.39 is 7.12 Å². The number of rotatable bonds is 3. The van der Waals surface area contributed by atoms with E-state index in [2.05, 4.69) is 0 Å². The summed E-state index contributed by atoms with van der Waals surface area (Å²) in [7, 11) is -0.449. The van der Waals surface area contributed by atoms with Crippen molar-refractivity contribution in [1.29, 1.82) is 0 Å². The SMILES string of the molecule is CCOc1c(N)cccc1B1OC(C)(C)C(C)(C)O1. The summed E-state index contributed by atoms with van der Waals surface area (Å²) in [5, 5.41) is 0. The summed E-state index contributed by atoms with van der Waals surface area (Å²) in [6, 6.07) is 5.64. The summed E-state index contributed by atoms with van der Waals surface area (Å²) >= 11 is 0. The maximum atomic E-state index is 6.03. The average molecular weight is 263 g/mol. The van der Waals surface area contributed by atoms with E-state index in [0.717, 1.165) is 5.46 Å². The highest BCUT2D eigenvalue weighted by atomic mass is 16.7. The van der Waals surface area contributed by atoms with Crippen LogP contribution in [-0.4, -0.2) is 24.9 Å². The Morgan fingerprint density at radius 1 is 1.16 bits per heavy atom. The predicted molar refractivity (Wildman–Crippen MR) is 77.7 cm³/mol. The fourth-order valence-corrected chi connectivity index (χ4v) is 2.04. The molecule has 104 valence electrons. The van der Waals surface area contributed by atoms with E-state index in [-0.39, 0.29) is 11.2 Å². The second-order valence-electron chi connectivity index (χ2n) is 5.79. The van der Waals surface area contributed by atoms with E-state index in [9.17, 15) is 0 Å². The maximum Gasteiger partial charge on any atom is 0.498 e. The van der Waals surface area contributed by atoms with E-state index in [1.54, 1.807) is 0 Å². The fraction of sp³-hybridized carbons (Fsp3) is 0.571. The summed E-state index contributed by atoms with van der Waals surface area (Å²) in [6.07, 6.45) is 0. The Bertz CT molecular complexity index is 458. The summed E-state index contributed by atoms with van der Waals surface area (Å²) < 4.78 is 17.7. The second kappa shape index (κ2) is 4.73. The second-order valence-corrected chi connectivity index (χ2v) is 5.79. The van der Waals surface area contributed by atoms with Crippen LogP contribution in [0.3, 0.4) is 0 Å². The normalized spacial score (nSPS) is 20.6. The monoisotopic (exact) mass is 263 g/mol. The zero-order chi connectivity index (χ0) is 14.3. The zero-order valence-corrected chi connectivity index (χ0v) is 12.3. The van der Waals surface area contributed by atoms with Gasteiger partial charge < -0.3 is 19.8 Å². The predicted octanol–water partition coefficient (Wildman–Crippen LogP) is 1.97. The van der Waals surface area contributed by atoms with Crippen molar-refractivity contribution in [2.75, 3.05) is 12.3 Å². The average Bonchev–Trinajstić information content (AvgIpc) is 2.51. The first-order chi connectivity index (χ1) is 8.78. The highest BCUT2D eigenvalue weighted by Gasteiger charge is 2.52. The molecule has 0 radical (unpaired) electrons. The quantitative estimate of drug-likeness (QED) is 0.669. The number of hydrogen-bond acceptors (Lipinski definition) is 4. The first-order valence-corrected chi connectivity index (χ1v) is 6.65. The molecule has 0 bridgehead atoms. The number of para-hydroxylation sites is 1. The lowest BCUT2D eigenvalue weighted by Crippen LogP contribution is -2.41. The number of benzene rings is 1. The van der Waals surface area contributed by atoms with Crippen molar-refractivity contribution in [2.45, 2.75) is 45.8 Å². The molecule has 1 aromatic carbocycles. The Hall–Kier alpha value is -1.20. The lowest BCUT2D eigenvalue weighted by atomic mass is 9.78. The molecule has 19 heavy (non-hydrogen) atoms. The molecule has 0 unspecified atom stereocenters. The summed E-state index contributed by atoms with van der Waals surface area (Å²) in [5.41, 5.74) is 6.69. The molecule has 2 N–H and O–H groups in total. The molecule has 4 nitrogen and oxygen atoms in total. The van der Waals surface area contributed by atoms with Crippen LogP contribution in [0.1, 0.15) is 34.6 Å². The third-order valence-corrected chi connectivity index (χ3v) is 3.87. The molecular formula is C14H22BNO3. The molecule has 1 aliphatic rings.